The zero-order valence-corrected chi connectivity index (χ0v) is 27.0. The molecular weight excluding hydrogens is 656 g/mol. The third-order valence-corrected chi connectivity index (χ3v) is 9.89. The van der Waals surface area contributed by atoms with E-state index in [1.54, 1.807) is 6.92 Å². The Labute approximate surface area is 274 Å². The largest absolute Gasteiger partial charge is 0.489 e. The standard InChI is InChI=1S/C35H34BrF2N5O3/c1-20-13-32(46-34-28(37)7-4-8-29(34)38)40-19-30(20)43-35(39)26(18-41-43)33(44)23-14-21-16-27(36)31(17-22(21)15-23)45-25-9-11-42(12-10-25)24-5-2-3-6-24/h4,7-8,13,15-19,24-25H,2-3,5-6,9-12,14,39H2,1H3. The Kier molecular flexibility index (Phi) is 8.37. The van der Waals surface area contributed by atoms with Crippen LogP contribution in [0.15, 0.2) is 58.8 Å². The van der Waals surface area contributed by atoms with Gasteiger partial charge in [0.1, 0.15) is 17.7 Å². The number of fused-ring (bicyclic) bond motifs is 1. The van der Waals surface area contributed by atoms with Crippen LogP contribution in [0.3, 0.4) is 0 Å². The minimum atomic E-state index is -0.836. The lowest BCUT2D eigenvalue weighted by Gasteiger charge is -2.36. The Morgan fingerprint density at radius 2 is 1.78 bits per heavy atom. The second-order valence-corrected chi connectivity index (χ2v) is 13.1. The average Bonchev–Trinajstić information content (AvgIpc) is 3.80. The molecule has 0 bridgehead atoms. The van der Waals surface area contributed by atoms with E-state index in [9.17, 15) is 13.6 Å². The molecule has 0 atom stereocenters. The molecule has 0 radical (unpaired) electrons. The summed E-state index contributed by atoms with van der Waals surface area (Å²) in [6.07, 6.45) is 12.8. The summed E-state index contributed by atoms with van der Waals surface area (Å²) < 4.78 is 42.2. The van der Waals surface area contributed by atoms with Crippen molar-refractivity contribution < 1.29 is 23.0 Å². The van der Waals surface area contributed by atoms with Gasteiger partial charge in [-0.05, 0) is 95.6 Å². The fourth-order valence-corrected chi connectivity index (χ4v) is 7.25. The van der Waals surface area contributed by atoms with Gasteiger partial charge in [0, 0.05) is 37.2 Å². The van der Waals surface area contributed by atoms with Crippen molar-refractivity contribution >= 4 is 33.6 Å². The fraction of sp³-hybridized carbons (Fsp3) is 0.343. The summed E-state index contributed by atoms with van der Waals surface area (Å²) >= 11 is 3.69. The first-order chi connectivity index (χ1) is 22.2. The predicted octanol–water partition coefficient (Wildman–Crippen LogP) is 7.60. The highest BCUT2D eigenvalue weighted by molar-refractivity contribution is 9.10. The second-order valence-electron chi connectivity index (χ2n) is 12.3. The van der Waals surface area contributed by atoms with Crippen molar-refractivity contribution in [2.24, 2.45) is 0 Å². The Hall–Kier alpha value is -4.09. The van der Waals surface area contributed by atoms with Crippen LogP contribution in [0, 0.1) is 18.6 Å². The van der Waals surface area contributed by atoms with Gasteiger partial charge in [-0.1, -0.05) is 18.9 Å². The molecule has 238 valence electrons. The van der Waals surface area contributed by atoms with Crippen molar-refractivity contribution in [3.8, 4) is 23.1 Å². The number of pyridine rings is 1. The molecule has 1 saturated heterocycles. The van der Waals surface area contributed by atoms with Gasteiger partial charge in [0.25, 0.3) is 0 Å². The monoisotopic (exact) mass is 689 g/mol. The molecule has 8 nitrogen and oxygen atoms in total. The van der Waals surface area contributed by atoms with Gasteiger partial charge in [-0.25, -0.2) is 18.4 Å². The zero-order chi connectivity index (χ0) is 31.9. The maximum Gasteiger partial charge on any atom is 0.219 e. The third kappa shape index (κ3) is 5.93. The fourth-order valence-electron chi connectivity index (χ4n) is 6.77. The Morgan fingerprint density at radius 1 is 1.04 bits per heavy atom. The van der Waals surface area contributed by atoms with E-state index in [4.69, 9.17) is 15.2 Å². The molecule has 3 heterocycles. The molecule has 1 saturated carbocycles. The molecule has 2 aromatic heterocycles. The van der Waals surface area contributed by atoms with E-state index in [1.165, 1.54) is 54.9 Å². The minimum Gasteiger partial charge on any atom is -0.489 e. The molecule has 2 N–H and O–H groups in total. The smallest absolute Gasteiger partial charge is 0.219 e. The van der Waals surface area contributed by atoms with Gasteiger partial charge in [-0.3, -0.25) is 4.79 Å². The molecule has 2 aromatic carbocycles. The molecule has 46 heavy (non-hydrogen) atoms. The van der Waals surface area contributed by atoms with E-state index in [2.05, 4.69) is 30.9 Å². The number of anilines is 1. The first kappa shape index (κ1) is 30.6. The number of para-hydroxylation sites is 1. The number of ether oxygens (including phenoxy) is 2. The summed E-state index contributed by atoms with van der Waals surface area (Å²) in [5.74, 6) is -1.46. The van der Waals surface area contributed by atoms with Crippen molar-refractivity contribution in [2.75, 3.05) is 18.8 Å². The predicted molar refractivity (Wildman–Crippen MR) is 175 cm³/mol. The summed E-state index contributed by atoms with van der Waals surface area (Å²) in [5, 5.41) is 4.37. The van der Waals surface area contributed by atoms with E-state index in [1.807, 2.05) is 18.2 Å². The summed E-state index contributed by atoms with van der Waals surface area (Å²) in [5.41, 5.74) is 10.5. The topological polar surface area (TPSA) is 95.5 Å². The van der Waals surface area contributed by atoms with Crippen LogP contribution in [-0.2, 0) is 6.42 Å². The summed E-state index contributed by atoms with van der Waals surface area (Å²) in [7, 11) is 0. The second kappa shape index (κ2) is 12.6. The highest BCUT2D eigenvalue weighted by Crippen LogP contribution is 2.38. The highest BCUT2D eigenvalue weighted by Gasteiger charge is 2.29. The minimum absolute atomic E-state index is 0.00481. The number of piperidine rings is 1. The number of rotatable bonds is 8. The number of ketones is 1. The van der Waals surface area contributed by atoms with Crippen LogP contribution >= 0.6 is 15.9 Å². The third-order valence-electron chi connectivity index (χ3n) is 9.27. The number of Topliss-reactive ketones (excluding diaryl/α,β-unsaturated/α-hetero) is 1. The molecule has 0 unspecified atom stereocenters. The van der Waals surface area contributed by atoms with Crippen LogP contribution in [0.2, 0.25) is 0 Å². The number of carbonyl (C=O) groups excluding carboxylic acids is 1. The first-order valence-corrected chi connectivity index (χ1v) is 16.4. The summed E-state index contributed by atoms with van der Waals surface area (Å²) in [6, 6.07) is 9.78. The SMILES string of the molecule is Cc1cc(Oc2c(F)cccc2F)ncc1-n1ncc(C(=O)C2=Cc3cc(OC4CCN(C5CCCC5)CC4)c(Br)cc3C2)c1N. The average molecular weight is 691 g/mol. The van der Waals surface area contributed by atoms with Crippen LogP contribution in [0.1, 0.15) is 65.6 Å². The van der Waals surface area contributed by atoms with Crippen LogP contribution < -0.4 is 15.2 Å². The Bertz CT molecular complexity index is 1820. The molecule has 4 aromatic rings. The van der Waals surface area contributed by atoms with E-state index in [0.29, 0.717) is 23.2 Å². The molecule has 0 spiro atoms. The van der Waals surface area contributed by atoms with Crippen LogP contribution in [0.5, 0.6) is 17.4 Å². The number of nitrogens with two attached hydrogens (primary N) is 1. The lowest BCUT2D eigenvalue weighted by molar-refractivity contribution is 0.0763. The lowest BCUT2D eigenvalue weighted by Crippen LogP contribution is -2.43. The normalized spacial score (nSPS) is 17.3. The highest BCUT2D eigenvalue weighted by atomic mass is 79.9. The van der Waals surface area contributed by atoms with Crippen molar-refractivity contribution in [3.63, 3.8) is 0 Å². The maximum atomic E-state index is 14.0. The van der Waals surface area contributed by atoms with E-state index >= 15 is 0 Å². The van der Waals surface area contributed by atoms with Crippen molar-refractivity contribution in [3.05, 3.63) is 92.7 Å². The van der Waals surface area contributed by atoms with Crippen molar-refractivity contribution in [2.45, 2.75) is 64.0 Å². The van der Waals surface area contributed by atoms with Gasteiger partial charge in [-0.2, -0.15) is 5.10 Å². The molecule has 11 heteroatoms. The summed E-state index contributed by atoms with van der Waals surface area (Å²) in [6.45, 7) is 3.91. The van der Waals surface area contributed by atoms with Crippen molar-refractivity contribution in [1.82, 2.24) is 19.7 Å². The van der Waals surface area contributed by atoms with Crippen LogP contribution in [0.25, 0.3) is 11.8 Å². The van der Waals surface area contributed by atoms with Gasteiger partial charge in [0.2, 0.25) is 11.6 Å². The number of nitrogen functional groups attached to an aromatic ring is 1. The molecule has 2 fully saturated rings. The van der Waals surface area contributed by atoms with E-state index < -0.39 is 17.4 Å². The molecule has 0 amide bonds. The maximum absolute atomic E-state index is 14.0. The Morgan fingerprint density at radius 3 is 2.50 bits per heavy atom. The molecule has 3 aliphatic rings. The number of carbonyl (C=O) groups is 1. The van der Waals surface area contributed by atoms with Gasteiger partial charge in [-0.15, -0.1) is 0 Å². The van der Waals surface area contributed by atoms with Gasteiger partial charge >= 0.3 is 0 Å². The number of hydrogen-bond acceptors (Lipinski definition) is 7. The number of aryl methyl sites for hydroxylation is 1. The molecule has 2 aliphatic carbocycles. The van der Waals surface area contributed by atoms with Crippen LogP contribution in [0.4, 0.5) is 14.6 Å². The number of aromatic nitrogens is 3. The molecular formula is C35H34BrF2N5O3. The molecule has 7 rings (SSSR count). The quantitative estimate of drug-likeness (QED) is 0.190. The Balaban J connectivity index is 1.04. The zero-order valence-electron chi connectivity index (χ0n) is 25.4. The van der Waals surface area contributed by atoms with E-state index in [-0.39, 0.29) is 29.1 Å². The van der Waals surface area contributed by atoms with Gasteiger partial charge in [0.15, 0.2) is 17.4 Å². The first-order valence-electron chi connectivity index (χ1n) is 15.7. The number of hydrogen-bond donors (Lipinski definition) is 1. The number of nitrogens with zero attached hydrogens (tertiary/aromatic N) is 4. The summed E-state index contributed by atoms with van der Waals surface area (Å²) in [4.78, 5) is 20.5. The number of allylic oxidation sites excluding steroid dienone is 1. The van der Waals surface area contributed by atoms with Gasteiger partial charge in [0.05, 0.1) is 28.1 Å². The lowest BCUT2D eigenvalue weighted by atomic mass is 10.0. The number of benzene rings is 2. The van der Waals surface area contributed by atoms with Crippen LogP contribution in [-0.4, -0.2) is 50.7 Å². The number of halogens is 3. The van der Waals surface area contributed by atoms with E-state index in [0.717, 1.165) is 65.5 Å². The number of likely N-dealkylation sites (tertiary alicyclic amines) is 1. The molecule has 1 aliphatic heterocycles. The van der Waals surface area contributed by atoms with Crippen molar-refractivity contribution in [1.29, 1.82) is 0 Å². The van der Waals surface area contributed by atoms with Gasteiger partial charge < -0.3 is 20.1 Å².